The quantitative estimate of drug-likeness (QED) is 0.791. The molecule has 0 saturated carbocycles. The monoisotopic (exact) mass is 262 g/mol. The molecular formula is C11H14N6O2. The van der Waals surface area contributed by atoms with Gasteiger partial charge in [0.05, 0.1) is 0 Å². The minimum absolute atomic E-state index is 0.264. The van der Waals surface area contributed by atoms with Crippen LogP contribution in [0, 0.1) is 6.92 Å². The number of amides is 1. The molecule has 0 saturated heterocycles. The Morgan fingerprint density at radius 1 is 1.37 bits per heavy atom. The number of hydrogen-bond donors (Lipinski definition) is 2. The molecule has 8 nitrogen and oxygen atoms in total. The van der Waals surface area contributed by atoms with Crippen molar-refractivity contribution < 1.29 is 9.32 Å². The zero-order valence-corrected chi connectivity index (χ0v) is 10.7. The first kappa shape index (κ1) is 12.9. The third-order valence-corrected chi connectivity index (χ3v) is 2.34. The first-order chi connectivity index (χ1) is 9.19. The zero-order valence-electron chi connectivity index (χ0n) is 10.7. The van der Waals surface area contributed by atoms with Gasteiger partial charge in [0, 0.05) is 20.0 Å². The molecule has 0 radical (unpaired) electrons. The van der Waals surface area contributed by atoms with Gasteiger partial charge in [0.1, 0.15) is 5.82 Å². The van der Waals surface area contributed by atoms with Crippen LogP contribution < -0.4 is 10.6 Å². The number of aromatic nitrogens is 4. The molecule has 0 aliphatic rings. The van der Waals surface area contributed by atoms with Gasteiger partial charge >= 0.3 is 0 Å². The number of aryl methyl sites for hydroxylation is 1. The SMILES string of the molecule is CNC(=O)c1ccc(NCCc2nc(C)no2)nn1. The van der Waals surface area contributed by atoms with Crippen LogP contribution in [0.4, 0.5) is 5.82 Å². The predicted molar refractivity (Wildman–Crippen MR) is 66.7 cm³/mol. The van der Waals surface area contributed by atoms with Crippen molar-refractivity contribution in [2.75, 3.05) is 18.9 Å². The fourth-order valence-electron chi connectivity index (χ4n) is 1.41. The van der Waals surface area contributed by atoms with E-state index in [2.05, 4.69) is 31.0 Å². The van der Waals surface area contributed by atoms with Gasteiger partial charge in [0.2, 0.25) is 5.89 Å². The summed E-state index contributed by atoms with van der Waals surface area (Å²) in [5.74, 6) is 1.51. The average molecular weight is 262 g/mol. The summed E-state index contributed by atoms with van der Waals surface area (Å²) >= 11 is 0. The van der Waals surface area contributed by atoms with Crippen molar-refractivity contribution in [3.8, 4) is 0 Å². The molecule has 19 heavy (non-hydrogen) atoms. The molecule has 2 heterocycles. The smallest absolute Gasteiger partial charge is 0.271 e. The van der Waals surface area contributed by atoms with Crippen LogP contribution in [0.15, 0.2) is 16.7 Å². The largest absolute Gasteiger partial charge is 0.368 e. The van der Waals surface area contributed by atoms with Gasteiger partial charge < -0.3 is 15.2 Å². The number of nitrogens with one attached hydrogen (secondary N) is 2. The van der Waals surface area contributed by atoms with Gasteiger partial charge in [-0.1, -0.05) is 5.16 Å². The lowest BCUT2D eigenvalue weighted by atomic mass is 10.3. The van der Waals surface area contributed by atoms with Crippen LogP contribution in [-0.2, 0) is 6.42 Å². The van der Waals surface area contributed by atoms with E-state index in [1.807, 2.05) is 0 Å². The van der Waals surface area contributed by atoms with Crippen molar-refractivity contribution in [1.29, 1.82) is 0 Å². The molecule has 1 amide bonds. The molecule has 2 N–H and O–H groups in total. The van der Waals surface area contributed by atoms with Gasteiger partial charge in [-0.3, -0.25) is 4.79 Å². The molecule has 0 spiro atoms. The molecule has 2 aromatic rings. The maximum absolute atomic E-state index is 11.3. The second-order valence-corrected chi connectivity index (χ2v) is 3.80. The fraction of sp³-hybridized carbons (Fsp3) is 0.364. The van der Waals surface area contributed by atoms with Crippen molar-refractivity contribution in [2.24, 2.45) is 0 Å². The first-order valence-corrected chi connectivity index (χ1v) is 5.78. The number of carbonyl (C=O) groups excluding carboxylic acids is 1. The van der Waals surface area contributed by atoms with Gasteiger partial charge in [-0.25, -0.2) is 0 Å². The van der Waals surface area contributed by atoms with E-state index in [9.17, 15) is 4.79 Å². The van der Waals surface area contributed by atoms with E-state index in [0.29, 0.717) is 30.5 Å². The zero-order chi connectivity index (χ0) is 13.7. The van der Waals surface area contributed by atoms with E-state index in [-0.39, 0.29) is 11.6 Å². The van der Waals surface area contributed by atoms with E-state index in [0.717, 1.165) is 0 Å². The molecule has 100 valence electrons. The summed E-state index contributed by atoms with van der Waals surface area (Å²) in [5.41, 5.74) is 0.278. The van der Waals surface area contributed by atoms with E-state index in [1.54, 1.807) is 26.1 Å². The fourth-order valence-corrected chi connectivity index (χ4v) is 1.41. The third-order valence-electron chi connectivity index (χ3n) is 2.34. The summed E-state index contributed by atoms with van der Waals surface area (Å²) in [5, 5.41) is 16.9. The molecule has 0 unspecified atom stereocenters. The summed E-state index contributed by atoms with van der Waals surface area (Å²) in [6, 6.07) is 3.29. The second-order valence-electron chi connectivity index (χ2n) is 3.80. The molecule has 0 aromatic carbocycles. The maximum atomic E-state index is 11.3. The average Bonchev–Trinajstić information content (AvgIpc) is 2.84. The van der Waals surface area contributed by atoms with Gasteiger partial charge in [-0.05, 0) is 19.1 Å². The van der Waals surface area contributed by atoms with Crippen molar-refractivity contribution in [1.82, 2.24) is 25.7 Å². The maximum Gasteiger partial charge on any atom is 0.271 e. The highest BCUT2D eigenvalue weighted by atomic mass is 16.5. The van der Waals surface area contributed by atoms with Crippen LogP contribution in [0.5, 0.6) is 0 Å². The molecular weight excluding hydrogens is 248 g/mol. The minimum atomic E-state index is -0.264. The van der Waals surface area contributed by atoms with E-state index in [1.165, 1.54) is 0 Å². The highest BCUT2D eigenvalue weighted by Crippen LogP contribution is 2.03. The van der Waals surface area contributed by atoms with Crippen LogP contribution in [0.1, 0.15) is 22.2 Å². The van der Waals surface area contributed by atoms with E-state index in [4.69, 9.17) is 4.52 Å². The molecule has 0 aliphatic heterocycles. The molecule has 0 bridgehead atoms. The summed E-state index contributed by atoms with van der Waals surface area (Å²) in [4.78, 5) is 15.3. The Bertz CT molecular complexity index is 551. The summed E-state index contributed by atoms with van der Waals surface area (Å²) in [6.45, 7) is 2.36. The second kappa shape index (κ2) is 5.89. The lowest BCUT2D eigenvalue weighted by molar-refractivity contribution is 0.0957. The topological polar surface area (TPSA) is 106 Å². The van der Waals surface area contributed by atoms with Crippen molar-refractivity contribution in [2.45, 2.75) is 13.3 Å². The van der Waals surface area contributed by atoms with Crippen LogP contribution in [-0.4, -0.2) is 39.8 Å². The van der Waals surface area contributed by atoms with Crippen LogP contribution in [0.3, 0.4) is 0 Å². The summed E-state index contributed by atoms with van der Waals surface area (Å²) in [6.07, 6.45) is 0.597. The van der Waals surface area contributed by atoms with E-state index < -0.39 is 0 Å². The lowest BCUT2D eigenvalue weighted by Gasteiger charge is -2.03. The molecule has 8 heteroatoms. The number of anilines is 1. The van der Waals surface area contributed by atoms with Crippen LogP contribution in [0.25, 0.3) is 0 Å². The highest BCUT2D eigenvalue weighted by Gasteiger charge is 2.06. The van der Waals surface area contributed by atoms with Crippen molar-refractivity contribution in [3.63, 3.8) is 0 Å². The molecule has 0 atom stereocenters. The van der Waals surface area contributed by atoms with Gasteiger partial charge in [0.25, 0.3) is 5.91 Å². The van der Waals surface area contributed by atoms with Gasteiger partial charge in [-0.2, -0.15) is 4.98 Å². The Balaban J connectivity index is 1.84. The standard InChI is InChI=1S/C11H14N6O2/c1-7-14-10(19-17-7)5-6-13-9-4-3-8(15-16-9)11(18)12-2/h3-4H,5-6H2,1-2H3,(H,12,18)(H,13,16). The van der Waals surface area contributed by atoms with E-state index >= 15 is 0 Å². The Morgan fingerprint density at radius 3 is 2.79 bits per heavy atom. The normalized spacial score (nSPS) is 10.2. The third kappa shape index (κ3) is 3.47. The Hall–Kier alpha value is -2.51. The van der Waals surface area contributed by atoms with Gasteiger partial charge in [-0.15, -0.1) is 10.2 Å². The number of nitrogens with zero attached hydrogens (tertiary/aromatic N) is 4. The number of rotatable bonds is 5. The summed E-state index contributed by atoms with van der Waals surface area (Å²) in [7, 11) is 1.54. The minimum Gasteiger partial charge on any atom is -0.368 e. The van der Waals surface area contributed by atoms with Gasteiger partial charge in [0.15, 0.2) is 11.5 Å². The molecule has 0 fully saturated rings. The van der Waals surface area contributed by atoms with Crippen molar-refractivity contribution >= 4 is 11.7 Å². The predicted octanol–water partition coefficient (Wildman–Crippen LogP) is 0.182. The van der Waals surface area contributed by atoms with Crippen LogP contribution >= 0.6 is 0 Å². The molecule has 2 rings (SSSR count). The number of carbonyl (C=O) groups is 1. The summed E-state index contributed by atoms with van der Waals surface area (Å²) < 4.78 is 4.98. The Morgan fingerprint density at radius 2 is 2.21 bits per heavy atom. The molecule has 0 aliphatic carbocycles. The van der Waals surface area contributed by atoms with Crippen LogP contribution in [0.2, 0.25) is 0 Å². The Kier molecular flexibility index (Phi) is 4.01. The molecule has 2 aromatic heterocycles. The van der Waals surface area contributed by atoms with Crippen molar-refractivity contribution in [3.05, 3.63) is 29.5 Å². The lowest BCUT2D eigenvalue weighted by Crippen LogP contribution is -2.20. The Labute approximate surface area is 109 Å². The highest BCUT2D eigenvalue weighted by molar-refractivity contribution is 5.91. The first-order valence-electron chi connectivity index (χ1n) is 5.78. The number of hydrogen-bond acceptors (Lipinski definition) is 7.